The molecule has 0 saturated heterocycles. The Bertz CT molecular complexity index is 643. The fourth-order valence-electron chi connectivity index (χ4n) is 2.94. The zero-order valence-corrected chi connectivity index (χ0v) is 13.2. The van der Waals surface area contributed by atoms with Crippen molar-refractivity contribution in [2.45, 2.75) is 19.4 Å². The van der Waals surface area contributed by atoms with E-state index in [1.165, 1.54) is 17.6 Å². The van der Waals surface area contributed by atoms with E-state index in [0.29, 0.717) is 19.1 Å². The average molecular weight is 303 g/mol. The van der Waals surface area contributed by atoms with Crippen LogP contribution in [0, 0.1) is 0 Å². The topological polar surface area (TPSA) is 65.3 Å². The lowest BCUT2D eigenvalue weighted by Gasteiger charge is -2.33. The molecule has 2 aromatic heterocycles. The minimum Gasteiger partial charge on any atom is -0.481 e. The van der Waals surface area contributed by atoms with Crippen LogP contribution in [-0.4, -0.2) is 46.6 Å². The van der Waals surface area contributed by atoms with Gasteiger partial charge in [-0.3, -0.25) is 4.68 Å². The van der Waals surface area contributed by atoms with Gasteiger partial charge in [0.05, 0.1) is 25.6 Å². The van der Waals surface area contributed by atoms with E-state index < -0.39 is 0 Å². The van der Waals surface area contributed by atoms with Gasteiger partial charge in [-0.05, 0) is 6.92 Å². The highest BCUT2D eigenvalue weighted by Crippen LogP contribution is 2.31. The van der Waals surface area contributed by atoms with E-state index in [1.54, 1.807) is 7.11 Å². The molecule has 0 aromatic carbocycles. The van der Waals surface area contributed by atoms with Gasteiger partial charge < -0.3 is 14.4 Å². The standard InChI is InChI=1S/C15H21N5O2/c1-4-22-9-12-8-20(7-11-6-18-19(2)15(11)12)13-5-14(21-3)17-10-16-13/h5-6,10,12H,4,7-9H2,1-3H3. The number of rotatable bonds is 5. The predicted octanol–water partition coefficient (Wildman–Crippen LogP) is 1.36. The van der Waals surface area contributed by atoms with Gasteiger partial charge in [-0.25, -0.2) is 9.97 Å². The van der Waals surface area contributed by atoms with Gasteiger partial charge in [0.1, 0.15) is 12.1 Å². The van der Waals surface area contributed by atoms with Gasteiger partial charge in [0.25, 0.3) is 0 Å². The molecule has 0 saturated carbocycles. The van der Waals surface area contributed by atoms with Crippen LogP contribution in [0.2, 0.25) is 0 Å². The maximum absolute atomic E-state index is 5.66. The zero-order chi connectivity index (χ0) is 15.5. The van der Waals surface area contributed by atoms with E-state index >= 15 is 0 Å². The Balaban J connectivity index is 1.89. The molecule has 3 heterocycles. The van der Waals surface area contributed by atoms with E-state index in [0.717, 1.165) is 18.9 Å². The highest BCUT2D eigenvalue weighted by molar-refractivity contribution is 5.45. The molecule has 7 nitrogen and oxygen atoms in total. The number of aryl methyl sites for hydroxylation is 1. The summed E-state index contributed by atoms with van der Waals surface area (Å²) in [5.41, 5.74) is 2.47. The lowest BCUT2D eigenvalue weighted by molar-refractivity contribution is 0.129. The van der Waals surface area contributed by atoms with Gasteiger partial charge in [-0.2, -0.15) is 5.10 Å². The Morgan fingerprint density at radius 2 is 2.23 bits per heavy atom. The molecule has 0 bridgehead atoms. The third kappa shape index (κ3) is 2.76. The summed E-state index contributed by atoms with van der Waals surface area (Å²) in [4.78, 5) is 10.7. The fourth-order valence-corrected chi connectivity index (χ4v) is 2.94. The molecule has 1 aliphatic rings. The van der Waals surface area contributed by atoms with E-state index in [1.807, 2.05) is 30.9 Å². The van der Waals surface area contributed by atoms with Crippen molar-refractivity contribution in [1.29, 1.82) is 0 Å². The second-order valence-electron chi connectivity index (χ2n) is 5.33. The summed E-state index contributed by atoms with van der Waals surface area (Å²) in [6.45, 7) is 5.03. The number of methoxy groups -OCH3 is 1. The second-order valence-corrected chi connectivity index (χ2v) is 5.33. The molecule has 1 unspecified atom stereocenters. The number of ether oxygens (including phenoxy) is 2. The molecule has 0 spiro atoms. The quantitative estimate of drug-likeness (QED) is 0.831. The Hall–Kier alpha value is -2.15. The fraction of sp³-hybridized carbons (Fsp3) is 0.533. The predicted molar refractivity (Wildman–Crippen MR) is 82.1 cm³/mol. The number of fused-ring (bicyclic) bond motifs is 1. The first kappa shape index (κ1) is 14.8. The first-order valence-corrected chi connectivity index (χ1v) is 7.42. The normalized spacial score (nSPS) is 17.4. The minimum absolute atomic E-state index is 0.275. The van der Waals surface area contributed by atoms with Crippen LogP contribution in [0.1, 0.15) is 24.1 Å². The van der Waals surface area contributed by atoms with Crippen LogP contribution >= 0.6 is 0 Å². The molecule has 0 amide bonds. The highest BCUT2D eigenvalue weighted by atomic mass is 16.5. The summed E-state index contributed by atoms with van der Waals surface area (Å²) >= 11 is 0. The summed E-state index contributed by atoms with van der Waals surface area (Å²) in [6, 6.07) is 1.86. The molecule has 0 N–H and O–H groups in total. The maximum atomic E-state index is 5.66. The van der Waals surface area contributed by atoms with Crippen molar-refractivity contribution in [3.8, 4) is 5.88 Å². The molecule has 7 heteroatoms. The first-order valence-electron chi connectivity index (χ1n) is 7.42. The van der Waals surface area contributed by atoms with E-state index in [4.69, 9.17) is 9.47 Å². The lowest BCUT2D eigenvalue weighted by Crippen LogP contribution is -2.36. The summed E-state index contributed by atoms with van der Waals surface area (Å²) < 4.78 is 12.8. The SMILES string of the molecule is CCOCC1CN(c2cc(OC)ncn2)Cc2cnn(C)c21. The van der Waals surface area contributed by atoms with Crippen molar-refractivity contribution >= 4 is 5.82 Å². The number of hydrogen-bond donors (Lipinski definition) is 0. The van der Waals surface area contributed by atoms with Crippen molar-refractivity contribution in [3.05, 3.63) is 29.8 Å². The van der Waals surface area contributed by atoms with Gasteiger partial charge in [0.15, 0.2) is 0 Å². The van der Waals surface area contributed by atoms with Crippen LogP contribution in [0.3, 0.4) is 0 Å². The zero-order valence-electron chi connectivity index (χ0n) is 13.2. The number of aromatic nitrogens is 4. The summed E-state index contributed by atoms with van der Waals surface area (Å²) in [5.74, 6) is 1.71. The van der Waals surface area contributed by atoms with Crippen LogP contribution in [0.15, 0.2) is 18.6 Å². The van der Waals surface area contributed by atoms with Crippen molar-refractivity contribution in [3.63, 3.8) is 0 Å². The second kappa shape index (κ2) is 6.31. The summed E-state index contributed by atoms with van der Waals surface area (Å²) in [6.07, 6.45) is 3.46. The van der Waals surface area contributed by atoms with Crippen molar-refractivity contribution in [1.82, 2.24) is 19.7 Å². The van der Waals surface area contributed by atoms with E-state index in [2.05, 4.69) is 20.0 Å². The maximum Gasteiger partial charge on any atom is 0.218 e. The highest BCUT2D eigenvalue weighted by Gasteiger charge is 2.29. The van der Waals surface area contributed by atoms with Gasteiger partial charge in [0.2, 0.25) is 5.88 Å². The van der Waals surface area contributed by atoms with Gasteiger partial charge >= 0.3 is 0 Å². The summed E-state index contributed by atoms with van der Waals surface area (Å²) in [7, 11) is 3.60. The Labute approximate surface area is 129 Å². The Morgan fingerprint density at radius 3 is 3.00 bits per heavy atom. The molecule has 0 aliphatic carbocycles. The third-order valence-electron chi connectivity index (χ3n) is 3.94. The molecule has 118 valence electrons. The van der Waals surface area contributed by atoms with Crippen LogP contribution in [-0.2, 0) is 18.3 Å². The number of nitrogens with zero attached hydrogens (tertiary/aromatic N) is 5. The first-order chi connectivity index (χ1) is 10.7. The largest absolute Gasteiger partial charge is 0.481 e. The Kier molecular flexibility index (Phi) is 4.24. The third-order valence-corrected chi connectivity index (χ3v) is 3.94. The van der Waals surface area contributed by atoms with Crippen molar-refractivity contribution < 1.29 is 9.47 Å². The monoisotopic (exact) mass is 303 g/mol. The molecule has 22 heavy (non-hydrogen) atoms. The van der Waals surface area contributed by atoms with Crippen LogP contribution in [0.4, 0.5) is 5.82 Å². The molecule has 0 fully saturated rings. The van der Waals surface area contributed by atoms with Crippen LogP contribution < -0.4 is 9.64 Å². The lowest BCUT2D eigenvalue weighted by atomic mass is 9.97. The van der Waals surface area contributed by atoms with Crippen molar-refractivity contribution in [2.24, 2.45) is 7.05 Å². The van der Waals surface area contributed by atoms with Crippen LogP contribution in [0.5, 0.6) is 5.88 Å². The Morgan fingerprint density at radius 1 is 1.36 bits per heavy atom. The summed E-state index contributed by atoms with van der Waals surface area (Å²) in [5, 5.41) is 4.40. The molecular weight excluding hydrogens is 282 g/mol. The molecule has 1 aliphatic heterocycles. The molecule has 2 aromatic rings. The van der Waals surface area contributed by atoms with Gasteiger partial charge in [-0.15, -0.1) is 0 Å². The average Bonchev–Trinajstić information content (AvgIpc) is 2.94. The van der Waals surface area contributed by atoms with E-state index in [-0.39, 0.29) is 5.92 Å². The van der Waals surface area contributed by atoms with Crippen LogP contribution in [0.25, 0.3) is 0 Å². The smallest absolute Gasteiger partial charge is 0.218 e. The van der Waals surface area contributed by atoms with Gasteiger partial charge in [-0.1, -0.05) is 0 Å². The minimum atomic E-state index is 0.275. The number of anilines is 1. The van der Waals surface area contributed by atoms with Crippen molar-refractivity contribution in [2.75, 3.05) is 31.8 Å². The number of hydrogen-bond acceptors (Lipinski definition) is 6. The molecular formula is C15H21N5O2. The van der Waals surface area contributed by atoms with Gasteiger partial charge in [0, 0.05) is 44.3 Å². The molecule has 3 rings (SSSR count). The molecule has 1 atom stereocenters. The molecule has 0 radical (unpaired) electrons. The van der Waals surface area contributed by atoms with E-state index in [9.17, 15) is 0 Å².